The van der Waals surface area contributed by atoms with Gasteiger partial charge in [-0.25, -0.2) is 0 Å². The second-order valence-electron chi connectivity index (χ2n) is 6.62. The van der Waals surface area contributed by atoms with Crippen molar-refractivity contribution in [2.24, 2.45) is 5.92 Å². The molecule has 0 aliphatic carbocycles. The summed E-state index contributed by atoms with van der Waals surface area (Å²) < 4.78 is 0. The molecular formula is C18H27N3O. The second kappa shape index (κ2) is 7.75. The number of hydrogen-bond acceptors (Lipinski definition) is 3. The largest absolute Gasteiger partial charge is 0.354 e. The quantitative estimate of drug-likeness (QED) is 0.871. The molecule has 22 heavy (non-hydrogen) atoms. The molecular weight excluding hydrogens is 274 g/mol. The van der Waals surface area contributed by atoms with E-state index in [0.717, 1.165) is 39.0 Å². The first-order chi connectivity index (χ1) is 10.8. The van der Waals surface area contributed by atoms with E-state index in [1.165, 1.54) is 24.9 Å². The van der Waals surface area contributed by atoms with Gasteiger partial charge in [-0.05, 0) is 50.3 Å². The molecule has 120 valence electrons. The van der Waals surface area contributed by atoms with Gasteiger partial charge in [0.05, 0.1) is 6.04 Å². The highest BCUT2D eigenvalue weighted by Crippen LogP contribution is 2.18. The van der Waals surface area contributed by atoms with Crippen molar-refractivity contribution in [3.63, 3.8) is 0 Å². The number of benzene rings is 1. The van der Waals surface area contributed by atoms with E-state index in [1.807, 2.05) is 0 Å². The van der Waals surface area contributed by atoms with Crippen LogP contribution in [0.2, 0.25) is 0 Å². The minimum atomic E-state index is 0.0454. The maximum atomic E-state index is 12.1. The van der Waals surface area contributed by atoms with Gasteiger partial charge in [0.15, 0.2) is 0 Å². The van der Waals surface area contributed by atoms with Gasteiger partial charge in [0.2, 0.25) is 5.91 Å². The number of piperidine rings is 1. The smallest absolute Gasteiger partial charge is 0.237 e. The topological polar surface area (TPSA) is 44.4 Å². The Hall–Kier alpha value is -1.39. The number of rotatable bonds is 5. The number of likely N-dealkylation sites (tertiary alicyclic amines) is 1. The lowest BCUT2D eigenvalue weighted by atomic mass is 9.97. The molecule has 0 saturated carbocycles. The number of nitrogens with one attached hydrogen (secondary N) is 2. The Labute approximate surface area is 133 Å². The molecule has 0 spiro atoms. The van der Waals surface area contributed by atoms with E-state index in [9.17, 15) is 4.79 Å². The predicted molar refractivity (Wildman–Crippen MR) is 88.5 cm³/mol. The summed E-state index contributed by atoms with van der Waals surface area (Å²) in [6, 6.07) is 10.7. The van der Waals surface area contributed by atoms with E-state index in [2.05, 4.69) is 45.9 Å². The Kier molecular flexibility index (Phi) is 5.46. The summed E-state index contributed by atoms with van der Waals surface area (Å²) in [7, 11) is 0. The van der Waals surface area contributed by atoms with Crippen LogP contribution in [-0.2, 0) is 11.3 Å². The third-order valence-electron chi connectivity index (χ3n) is 4.79. The third-order valence-corrected chi connectivity index (χ3v) is 4.79. The molecule has 2 heterocycles. The van der Waals surface area contributed by atoms with Crippen molar-refractivity contribution in [3.05, 3.63) is 35.9 Å². The number of hydrogen-bond donors (Lipinski definition) is 2. The fourth-order valence-electron chi connectivity index (χ4n) is 3.58. The highest BCUT2D eigenvalue weighted by atomic mass is 16.2. The zero-order valence-corrected chi connectivity index (χ0v) is 13.3. The second-order valence-corrected chi connectivity index (χ2v) is 6.62. The van der Waals surface area contributed by atoms with E-state index in [0.29, 0.717) is 5.92 Å². The highest BCUT2D eigenvalue weighted by molar-refractivity contribution is 5.81. The molecule has 1 amide bonds. The van der Waals surface area contributed by atoms with Gasteiger partial charge < -0.3 is 10.6 Å². The Balaban J connectivity index is 1.43. The van der Waals surface area contributed by atoms with Gasteiger partial charge in [-0.2, -0.15) is 0 Å². The fourth-order valence-corrected chi connectivity index (χ4v) is 3.58. The summed E-state index contributed by atoms with van der Waals surface area (Å²) in [6.07, 6.45) is 4.56. The summed E-state index contributed by atoms with van der Waals surface area (Å²) in [5.41, 5.74) is 1.38. The van der Waals surface area contributed by atoms with Crippen LogP contribution in [0.4, 0.5) is 0 Å². The molecule has 4 nitrogen and oxygen atoms in total. The van der Waals surface area contributed by atoms with Crippen molar-refractivity contribution in [1.82, 2.24) is 15.5 Å². The first-order valence-electron chi connectivity index (χ1n) is 8.58. The van der Waals surface area contributed by atoms with Crippen molar-refractivity contribution in [2.45, 2.75) is 38.3 Å². The van der Waals surface area contributed by atoms with Crippen molar-refractivity contribution in [3.8, 4) is 0 Å². The van der Waals surface area contributed by atoms with Gasteiger partial charge in [0.25, 0.3) is 0 Å². The molecule has 2 atom stereocenters. The zero-order chi connectivity index (χ0) is 15.2. The van der Waals surface area contributed by atoms with Crippen LogP contribution in [0.3, 0.4) is 0 Å². The summed E-state index contributed by atoms with van der Waals surface area (Å²) in [5, 5.41) is 6.41. The standard InChI is InChI=1S/C18H27N3O/c22-18(17-9-4-10-19-17)20-12-16-8-5-11-21(14-16)13-15-6-2-1-3-7-15/h1-3,6-7,16-17,19H,4-5,8-14H2,(H,20,22). The first kappa shape index (κ1) is 15.5. The van der Waals surface area contributed by atoms with E-state index >= 15 is 0 Å². The number of nitrogens with zero attached hydrogens (tertiary/aromatic N) is 1. The van der Waals surface area contributed by atoms with Crippen molar-refractivity contribution in [2.75, 3.05) is 26.2 Å². The molecule has 2 fully saturated rings. The summed E-state index contributed by atoms with van der Waals surface area (Å²) >= 11 is 0. The van der Waals surface area contributed by atoms with Gasteiger partial charge in [-0.1, -0.05) is 30.3 Å². The van der Waals surface area contributed by atoms with Crippen LogP contribution in [0.1, 0.15) is 31.2 Å². The summed E-state index contributed by atoms with van der Waals surface area (Å²) in [4.78, 5) is 14.6. The SMILES string of the molecule is O=C(NCC1CCCN(Cc2ccccc2)C1)C1CCCN1. The van der Waals surface area contributed by atoms with Crippen molar-refractivity contribution < 1.29 is 4.79 Å². The average molecular weight is 301 g/mol. The van der Waals surface area contributed by atoms with Crippen molar-refractivity contribution in [1.29, 1.82) is 0 Å². The molecule has 4 heteroatoms. The van der Waals surface area contributed by atoms with Gasteiger partial charge in [0, 0.05) is 19.6 Å². The Morgan fingerprint density at radius 2 is 2.09 bits per heavy atom. The minimum absolute atomic E-state index is 0.0454. The minimum Gasteiger partial charge on any atom is -0.354 e. The number of amides is 1. The number of carbonyl (C=O) groups excluding carboxylic acids is 1. The zero-order valence-electron chi connectivity index (χ0n) is 13.3. The van der Waals surface area contributed by atoms with Crippen LogP contribution >= 0.6 is 0 Å². The van der Waals surface area contributed by atoms with Crippen LogP contribution in [0, 0.1) is 5.92 Å². The van der Waals surface area contributed by atoms with Gasteiger partial charge >= 0.3 is 0 Å². The molecule has 0 radical (unpaired) electrons. The lowest BCUT2D eigenvalue weighted by Gasteiger charge is -2.33. The molecule has 2 aliphatic heterocycles. The summed E-state index contributed by atoms with van der Waals surface area (Å²) in [6.45, 7) is 5.08. The predicted octanol–water partition coefficient (Wildman–Crippen LogP) is 1.77. The Bertz CT molecular complexity index is 470. The van der Waals surface area contributed by atoms with Crippen LogP contribution in [0.5, 0.6) is 0 Å². The molecule has 2 aliphatic rings. The Morgan fingerprint density at radius 3 is 2.86 bits per heavy atom. The van der Waals surface area contributed by atoms with Gasteiger partial charge in [0.1, 0.15) is 0 Å². The first-order valence-corrected chi connectivity index (χ1v) is 8.58. The molecule has 3 rings (SSSR count). The van der Waals surface area contributed by atoms with Crippen LogP contribution in [0.25, 0.3) is 0 Å². The Morgan fingerprint density at radius 1 is 1.23 bits per heavy atom. The van der Waals surface area contributed by atoms with E-state index in [1.54, 1.807) is 0 Å². The molecule has 0 aromatic heterocycles. The van der Waals surface area contributed by atoms with E-state index < -0.39 is 0 Å². The molecule has 2 unspecified atom stereocenters. The van der Waals surface area contributed by atoms with Crippen LogP contribution in [0.15, 0.2) is 30.3 Å². The average Bonchev–Trinajstić information content (AvgIpc) is 3.08. The lowest BCUT2D eigenvalue weighted by molar-refractivity contribution is -0.123. The molecule has 1 aromatic carbocycles. The highest BCUT2D eigenvalue weighted by Gasteiger charge is 2.24. The van der Waals surface area contributed by atoms with E-state index in [-0.39, 0.29) is 11.9 Å². The molecule has 2 saturated heterocycles. The van der Waals surface area contributed by atoms with Gasteiger partial charge in [-0.3, -0.25) is 9.69 Å². The van der Waals surface area contributed by atoms with Crippen molar-refractivity contribution >= 4 is 5.91 Å². The summed E-state index contributed by atoms with van der Waals surface area (Å²) in [5.74, 6) is 0.778. The molecule has 1 aromatic rings. The maximum Gasteiger partial charge on any atom is 0.237 e. The van der Waals surface area contributed by atoms with Gasteiger partial charge in [-0.15, -0.1) is 0 Å². The third kappa shape index (κ3) is 4.31. The maximum absolute atomic E-state index is 12.1. The number of carbonyl (C=O) groups is 1. The van der Waals surface area contributed by atoms with E-state index in [4.69, 9.17) is 0 Å². The lowest BCUT2D eigenvalue weighted by Crippen LogP contribution is -2.45. The normalized spacial score (nSPS) is 26.0. The van der Waals surface area contributed by atoms with Crippen LogP contribution < -0.4 is 10.6 Å². The fraction of sp³-hybridized carbons (Fsp3) is 0.611. The monoisotopic (exact) mass is 301 g/mol. The van der Waals surface area contributed by atoms with Crippen LogP contribution in [-0.4, -0.2) is 43.0 Å². The molecule has 2 N–H and O–H groups in total. The molecule has 0 bridgehead atoms.